The molecular formula is C21H22N4O. The molecule has 0 saturated heterocycles. The van der Waals surface area contributed by atoms with Gasteiger partial charge in [0.05, 0.1) is 0 Å². The van der Waals surface area contributed by atoms with Crippen LogP contribution in [0.25, 0.3) is 0 Å². The molecule has 0 radical (unpaired) electrons. The summed E-state index contributed by atoms with van der Waals surface area (Å²) >= 11 is 0. The van der Waals surface area contributed by atoms with Gasteiger partial charge >= 0.3 is 0 Å². The Morgan fingerprint density at radius 2 is 1.73 bits per heavy atom. The van der Waals surface area contributed by atoms with E-state index in [1.807, 2.05) is 67.1 Å². The topological polar surface area (TPSA) is 59.8 Å². The molecule has 1 saturated carbocycles. The second-order valence-electron chi connectivity index (χ2n) is 6.88. The number of carbonyl (C=O) groups excluding carboxylic acids is 1. The highest BCUT2D eigenvalue weighted by Crippen LogP contribution is 2.47. The van der Waals surface area contributed by atoms with Crippen molar-refractivity contribution in [1.29, 1.82) is 0 Å². The number of rotatable bonds is 5. The molecule has 0 bridgehead atoms. The van der Waals surface area contributed by atoms with Gasteiger partial charge < -0.3 is 9.88 Å². The molecule has 0 spiro atoms. The van der Waals surface area contributed by atoms with E-state index in [1.165, 1.54) is 5.56 Å². The molecule has 1 aromatic heterocycles. The van der Waals surface area contributed by atoms with E-state index in [2.05, 4.69) is 27.6 Å². The summed E-state index contributed by atoms with van der Waals surface area (Å²) in [5, 5.41) is 11.7. The van der Waals surface area contributed by atoms with Crippen LogP contribution in [0.3, 0.4) is 0 Å². The van der Waals surface area contributed by atoms with Gasteiger partial charge in [0, 0.05) is 13.0 Å². The average molecular weight is 346 g/mol. The standard InChI is InChI=1S/C21H22N4O/c1-14-23-24-20(25(14)2)19(16-11-7-4-8-12-16)22-21(26)18-13-17(18)15-9-5-3-6-10-15/h3-12,17-19H,13H2,1-2H3,(H,22,26)/t17-,18+,19+/m0/s1. The summed E-state index contributed by atoms with van der Waals surface area (Å²) < 4.78 is 1.93. The van der Waals surface area contributed by atoms with Crippen LogP contribution in [0.4, 0.5) is 0 Å². The fourth-order valence-electron chi connectivity index (χ4n) is 3.42. The lowest BCUT2D eigenvalue weighted by Gasteiger charge is -2.19. The Balaban J connectivity index is 1.56. The molecule has 1 aliphatic rings. The fourth-order valence-corrected chi connectivity index (χ4v) is 3.42. The Bertz CT molecular complexity index is 904. The van der Waals surface area contributed by atoms with Gasteiger partial charge in [-0.3, -0.25) is 4.79 Å². The van der Waals surface area contributed by atoms with Gasteiger partial charge in [0.15, 0.2) is 5.82 Å². The first-order chi connectivity index (χ1) is 12.6. The molecule has 4 rings (SSSR count). The summed E-state index contributed by atoms with van der Waals surface area (Å²) in [6, 6.07) is 19.9. The van der Waals surface area contributed by atoms with Crippen molar-refractivity contribution in [2.24, 2.45) is 13.0 Å². The molecule has 132 valence electrons. The van der Waals surface area contributed by atoms with E-state index in [-0.39, 0.29) is 17.9 Å². The Morgan fingerprint density at radius 1 is 1.08 bits per heavy atom. The van der Waals surface area contributed by atoms with Gasteiger partial charge in [-0.1, -0.05) is 60.7 Å². The van der Waals surface area contributed by atoms with E-state index in [9.17, 15) is 4.79 Å². The molecule has 26 heavy (non-hydrogen) atoms. The van der Waals surface area contributed by atoms with Crippen LogP contribution in [0.5, 0.6) is 0 Å². The summed E-state index contributed by atoms with van der Waals surface area (Å²) in [4.78, 5) is 12.9. The molecule has 3 atom stereocenters. The third-order valence-electron chi connectivity index (χ3n) is 5.16. The van der Waals surface area contributed by atoms with Gasteiger partial charge in [0.2, 0.25) is 5.91 Å². The Labute approximate surface area is 153 Å². The number of aromatic nitrogens is 3. The van der Waals surface area contributed by atoms with E-state index >= 15 is 0 Å². The maximum Gasteiger partial charge on any atom is 0.224 e. The highest BCUT2D eigenvalue weighted by Gasteiger charge is 2.44. The first kappa shape index (κ1) is 16.5. The van der Waals surface area contributed by atoms with E-state index in [1.54, 1.807) is 0 Å². The molecule has 3 aromatic rings. The van der Waals surface area contributed by atoms with Gasteiger partial charge in [-0.2, -0.15) is 0 Å². The zero-order valence-corrected chi connectivity index (χ0v) is 15.0. The smallest absolute Gasteiger partial charge is 0.224 e. The maximum absolute atomic E-state index is 12.9. The number of hydrogen-bond donors (Lipinski definition) is 1. The first-order valence-electron chi connectivity index (χ1n) is 8.91. The summed E-state index contributed by atoms with van der Waals surface area (Å²) in [7, 11) is 1.93. The predicted octanol–water partition coefficient (Wildman–Crippen LogP) is 3.13. The number of hydrogen-bond acceptors (Lipinski definition) is 3. The van der Waals surface area contributed by atoms with Crippen LogP contribution in [-0.4, -0.2) is 20.7 Å². The van der Waals surface area contributed by atoms with Gasteiger partial charge in [-0.15, -0.1) is 10.2 Å². The molecule has 5 nitrogen and oxygen atoms in total. The number of nitrogens with zero attached hydrogens (tertiary/aromatic N) is 3. The number of carbonyl (C=O) groups is 1. The summed E-state index contributed by atoms with van der Waals surface area (Å²) in [6.45, 7) is 1.91. The fraction of sp³-hybridized carbons (Fsp3) is 0.286. The van der Waals surface area contributed by atoms with Crippen molar-refractivity contribution < 1.29 is 4.79 Å². The van der Waals surface area contributed by atoms with Gasteiger partial charge in [-0.25, -0.2) is 0 Å². The molecule has 2 aromatic carbocycles. The number of nitrogens with one attached hydrogen (secondary N) is 1. The van der Waals surface area contributed by atoms with Crippen molar-refractivity contribution in [1.82, 2.24) is 20.1 Å². The highest BCUT2D eigenvalue weighted by molar-refractivity contribution is 5.83. The van der Waals surface area contributed by atoms with Crippen LogP contribution in [0, 0.1) is 12.8 Å². The van der Waals surface area contributed by atoms with Crippen LogP contribution in [-0.2, 0) is 11.8 Å². The molecule has 1 amide bonds. The Kier molecular flexibility index (Phi) is 4.29. The lowest BCUT2D eigenvalue weighted by molar-refractivity contribution is -0.123. The quantitative estimate of drug-likeness (QED) is 0.772. The van der Waals surface area contributed by atoms with E-state index in [0.29, 0.717) is 5.92 Å². The maximum atomic E-state index is 12.9. The van der Waals surface area contributed by atoms with Crippen molar-refractivity contribution >= 4 is 5.91 Å². The van der Waals surface area contributed by atoms with Gasteiger partial charge in [0.1, 0.15) is 11.9 Å². The molecule has 1 heterocycles. The average Bonchev–Trinajstić information content (AvgIpc) is 3.42. The molecule has 1 aliphatic carbocycles. The second kappa shape index (κ2) is 6.75. The Hall–Kier alpha value is -2.95. The van der Waals surface area contributed by atoms with Crippen molar-refractivity contribution in [2.45, 2.75) is 25.3 Å². The molecule has 0 unspecified atom stereocenters. The third-order valence-corrected chi connectivity index (χ3v) is 5.16. The number of amides is 1. The van der Waals surface area contributed by atoms with E-state index < -0.39 is 0 Å². The predicted molar refractivity (Wildman–Crippen MR) is 99.5 cm³/mol. The lowest BCUT2D eigenvalue weighted by atomic mass is 10.1. The Morgan fingerprint density at radius 3 is 2.35 bits per heavy atom. The van der Waals surface area contributed by atoms with Crippen LogP contribution >= 0.6 is 0 Å². The molecular weight excluding hydrogens is 324 g/mol. The molecule has 1 N–H and O–H groups in total. The minimum atomic E-state index is -0.299. The monoisotopic (exact) mass is 346 g/mol. The molecule has 5 heteroatoms. The van der Waals surface area contributed by atoms with Crippen molar-refractivity contribution in [2.75, 3.05) is 0 Å². The van der Waals surface area contributed by atoms with Crippen molar-refractivity contribution in [3.05, 3.63) is 83.4 Å². The van der Waals surface area contributed by atoms with Crippen molar-refractivity contribution in [3.8, 4) is 0 Å². The SMILES string of the molecule is Cc1nnc([C@H](NC(=O)[C@@H]2C[C@H]2c2ccccc2)c2ccccc2)n1C. The first-order valence-corrected chi connectivity index (χ1v) is 8.91. The second-order valence-corrected chi connectivity index (χ2v) is 6.88. The van der Waals surface area contributed by atoms with Crippen LogP contribution in [0.2, 0.25) is 0 Å². The van der Waals surface area contributed by atoms with E-state index in [0.717, 1.165) is 23.6 Å². The zero-order valence-electron chi connectivity index (χ0n) is 15.0. The summed E-state index contributed by atoms with van der Waals surface area (Å²) in [6.07, 6.45) is 0.898. The highest BCUT2D eigenvalue weighted by atomic mass is 16.2. The van der Waals surface area contributed by atoms with Gasteiger partial charge in [0.25, 0.3) is 0 Å². The normalized spacial score (nSPS) is 19.8. The largest absolute Gasteiger partial charge is 0.342 e. The number of benzene rings is 2. The molecule has 0 aliphatic heterocycles. The number of aryl methyl sites for hydroxylation is 1. The summed E-state index contributed by atoms with van der Waals surface area (Å²) in [5.74, 6) is 1.99. The zero-order chi connectivity index (χ0) is 18.1. The third kappa shape index (κ3) is 3.12. The van der Waals surface area contributed by atoms with Crippen LogP contribution < -0.4 is 5.32 Å². The van der Waals surface area contributed by atoms with Crippen LogP contribution in [0.1, 0.15) is 41.2 Å². The minimum Gasteiger partial charge on any atom is -0.342 e. The van der Waals surface area contributed by atoms with Crippen LogP contribution in [0.15, 0.2) is 60.7 Å². The summed E-state index contributed by atoms with van der Waals surface area (Å²) in [5.41, 5.74) is 2.24. The van der Waals surface area contributed by atoms with Crippen molar-refractivity contribution in [3.63, 3.8) is 0 Å². The lowest BCUT2D eigenvalue weighted by Crippen LogP contribution is -2.32. The van der Waals surface area contributed by atoms with E-state index in [4.69, 9.17) is 0 Å². The van der Waals surface area contributed by atoms with Gasteiger partial charge in [-0.05, 0) is 30.4 Å². The molecule has 1 fully saturated rings. The minimum absolute atomic E-state index is 0.0259.